The van der Waals surface area contributed by atoms with Gasteiger partial charge < -0.3 is 20.1 Å². The molecule has 0 unspecified atom stereocenters. The van der Waals surface area contributed by atoms with E-state index >= 15 is 0 Å². The molecule has 3 N–H and O–H groups in total. The maximum absolute atomic E-state index is 12.3. The van der Waals surface area contributed by atoms with Crippen LogP contribution in [0.25, 0.3) is 0 Å². The third-order valence-electron chi connectivity index (χ3n) is 4.45. The predicted molar refractivity (Wildman–Crippen MR) is 132 cm³/mol. The zero-order valence-electron chi connectivity index (χ0n) is 19.4. The number of amides is 3. The number of anilines is 1. The molecule has 0 bridgehead atoms. The third-order valence-corrected chi connectivity index (χ3v) is 4.73. The number of halogens is 1. The number of aryl methyl sites for hydroxylation is 1. The minimum Gasteiger partial charge on any atom is -0.490 e. The van der Waals surface area contributed by atoms with E-state index in [9.17, 15) is 14.4 Å². The number of nitrogens with zero attached hydrogens (tertiary/aromatic N) is 1. The van der Waals surface area contributed by atoms with Gasteiger partial charge in [0.25, 0.3) is 5.91 Å². The first-order chi connectivity index (χ1) is 16.4. The van der Waals surface area contributed by atoms with Gasteiger partial charge in [-0.1, -0.05) is 37.6 Å². The Morgan fingerprint density at radius 1 is 1.03 bits per heavy atom. The van der Waals surface area contributed by atoms with Crippen molar-refractivity contribution in [2.24, 2.45) is 5.10 Å². The Balaban J connectivity index is 2.02. The number of nitrogens with one attached hydrogen (secondary N) is 3. The van der Waals surface area contributed by atoms with Gasteiger partial charge in [-0.15, -0.1) is 0 Å². The van der Waals surface area contributed by atoms with E-state index in [0.29, 0.717) is 36.6 Å². The Morgan fingerprint density at radius 3 is 2.41 bits per heavy atom. The summed E-state index contributed by atoms with van der Waals surface area (Å²) < 4.78 is 11.2. The molecule has 0 aromatic heterocycles. The van der Waals surface area contributed by atoms with Crippen molar-refractivity contribution >= 4 is 41.2 Å². The molecule has 0 aliphatic carbocycles. The number of rotatable bonds is 11. The molecule has 0 saturated carbocycles. The van der Waals surface area contributed by atoms with Crippen LogP contribution in [0.4, 0.5) is 5.69 Å². The van der Waals surface area contributed by atoms with Crippen molar-refractivity contribution in [1.82, 2.24) is 10.7 Å². The Kier molecular flexibility index (Phi) is 10.9. The van der Waals surface area contributed by atoms with E-state index in [0.717, 1.165) is 6.42 Å². The minimum absolute atomic E-state index is 0.194. The number of benzene rings is 2. The summed E-state index contributed by atoms with van der Waals surface area (Å²) in [6.45, 7) is 6.18. The summed E-state index contributed by atoms with van der Waals surface area (Å²) >= 11 is 6.35. The molecule has 0 spiro atoms. The van der Waals surface area contributed by atoms with Crippen LogP contribution in [-0.2, 0) is 20.8 Å². The van der Waals surface area contributed by atoms with E-state index in [-0.39, 0.29) is 23.3 Å². The molecule has 182 valence electrons. The average molecular weight is 489 g/mol. The summed E-state index contributed by atoms with van der Waals surface area (Å²) in [5.74, 6) is -1.48. The largest absolute Gasteiger partial charge is 0.490 e. The second-order valence-corrected chi connectivity index (χ2v) is 7.51. The monoisotopic (exact) mass is 488 g/mol. The molecule has 9 nitrogen and oxygen atoms in total. The smallest absolute Gasteiger partial charge is 0.329 e. The Hall–Kier alpha value is -3.59. The number of ether oxygens (including phenoxy) is 2. The lowest BCUT2D eigenvalue weighted by Gasteiger charge is -2.14. The van der Waals surface area contributed by atoms with Gasteiger partial charge in [0.1, 0.15) is 0 Å². The van der Waals surface area contributed by atoms with Crippen LogP contribution in [0.1, 0.15) is 38.3 Å². The zero-order valence-corrected chi connectivity index (χ0v) is 20.2. The summed E-state index contributed by atoms with van der Waals surface area (Å²) in [6.07, 6.45) is 2.94. The van der Waals surface area contributed by atoms with Gasteiger partial charge in [-0.25, -0.2) is 5.43 Å². The highest BCUT2D eigenvalue weighted by atomic mass is 35.5. The molecule has 0 aliphatic rings. The maximum Gasteiger partial charge on any atom is 0.329 e. The first-order valence-electron chi connectivity index (χ1n) is 11.0. The number of hydrogen-bond donors (Lipinski definition) is 3. The molecule has 0 saturated heterocycles. The standard InChI is InChI=1S/C24H29ClN4O5/c1-4-11-26-23(31)24(32)29-27-14-17-12-19(25)22(20(13-17)33-6-3)34-15-21(30)28-18-9-7-16(5-2)8-10-18/h7-10,12-14H,4-6,11,15H2,1-3H3,(H,26,31)(H,28,30)(H,29,32)/b27-14-. The second kappa shape index (κ2) is 13.8. The van der Waals surface area contributed by atoms with E-state index in [1.807, 2.05) is 31.2 Å². The molecule has 10 heteroatoms. The van der Waals surface area contributed by atoms with Crippen LogP contribution >= 0.6 is 11.6 Å². The summed E-state index contributed by atoms with van der Waals surface area (Å²) in [5, 5.41) is 9.18. The van der Waals surface area contributed by atoms with Crippen molar-refractivity contribution in [1.29, 1.82) is 0 Å². The fourth-order valence-electron chi connectivity index (χ4n) is 2.76. The van der Waals surface area contributed by atoms with Crippen molar-refractivity contribution in [3.63, 3.8) is 0 Å². The molecule has 34 heavy (non-hydrogen) atoms. The first kappa shape index (κ1) is 26.7. The molecule has 0 atom stereocenters. The summed E-state index contributed by atoms with van der Waals surface area (Å²) in [7, 11) is 0. The fraction of sp³-hybridized carbons (Fsp3) is 0.333. The van der Waals surface area contributed by atoms with Gasteiger partial charge >= 0.3 is 11.8 Å². The molecule has 0 fully saturated rings. The van der Waals surface area contributed by atoms with E-state index in [1.54, 1.807) is 13.0 Å². The fourth-order valence-corrected chi connectivity index (χ4v) is 3.03. The van der Waals surface area contributed by atoms with Crippen molar-refractivity contribution in [2.75, 3.05) is 25.1 Å². The van der Waals surface area contributed by atoms with Crippen molar-refractivity contribution in [2.45, 2.75) is 33.6 Å². The van der Waals surface area contributed by atoms with Gasteiger partial charge in [-0.2, -0.15) is 5.10 Å². The Morgan fingerprint density at radius 2 is 1.76 bits per heavy atom. The van der Waals surface area contributed by atoms with E-state index in [1.165, 1.54) is 17.8 Å². The molecule has 0 aliphatic heterocycles. The van der Waals surface area contributed by atoms with Gasteiger partial charge in [0, 0.05) is 12.2 Å². The van der Waals surface area contributed by atoms with E-state index < -0.39 is 11.8 Å². The van der Waals surface area contributed by atoms with Crippen molar-refractivity contribution in [3.05, 3.63) is 52.5 Å². The van der Waals surface area contributed by atoms with Crippen LogP contribution < -0.4 is 25.5 Å². The number of hydrogen-bond acceptors (Lipinski definition) is 6. The number of carbonyl (C=O) groups excluding carboxylic acids is 3. The zero-order chi connectivity index (χ0) is 24.9. The van der Waals surface area contributed by atoms with Crippen molar-refractivity contribution < 1.29 is 23.9 Å². The molecule has 2 aromatic carbocycles. The third kappa shape index (κ3) is 8.40. The highest BCUT2D eigenvalue weighted by molar-refractivity contribution is 6.35. The molecule has 0 radical (unpaired) electrons. The quantitative estimate of drug-likeness (QED) is 0.255. The molecular weight excluding hydrogens is 460 g/mol. The SMILES string of the molecule is CCCNC(=O)C(=O)N/N=C\c1cc(Cl)c(OCC(=O)Nc2ccc(CC)cc2)c(OCC)c1. The average Bonchev–Trinajstić information content (AvgIpc) is 2.82. The molecule has 2 rings (SSSR count). The second-order valence-electron chi connectivity index (χ2n) is 7.11. The lowest BCUT2D eigenvalue weighted by Crippen LogP contribution is -2.38. The summed E-state index contributed by atoms with van der Waals surface area (Å²) in [6, 6.07) is 10.7. The van der Waals surface area contributed by atoms with Crippen LogP contribution in [0, 0.1) is 0 Å². The van der Waals surface area contributed by atoms with Crippen LogP contribution in [-0.4, -0.2) is 43.7 Å². The maximum atomic E-state index is 12.3. The highest BCUT2D eigenvalue weighted by Crippen LogP contribution is 2.36. The highest BCUT2D eigenvalue weighted by Gasteiger charge is 2.15. The Bertz CT molecular complexity index is 1020. The summed E-state index contributed by atoms with van der Waals surface area (Å²) in [5.41, 5.74) is 4.48. The van der Waals surface area contributed by atoms with Gasteiger partial charge in [-0.05, 0) is 55.2 Å². The Labute approximate surface area is 203 Å². The van der Waals surface area contributed by atoms with Crippen LogP contribution in [0.15, 0.2) is 41.5 Å². The van der Waals surface area contributed by atoms with Crippen LogP contribution in [0.2, 0.25) is 5.02 Å². The van der Waals surface area contributed by atoms with Gasteiger partial charge in [-0.3, -0.25) is 14.4 Å². The van der Waals surface area contributed by atoms with E-state index in [2.05, 4.69) is 28.1 Å². The summed E-state index contributed by atoms with van der Waals surface area (Å²) in [4.78, 5) is 35.6. The number of hydrazone groups is 1. The predicted octanol–water partition coefficient (Wildman–Crippen LogP) is 3.29. The lowest BCUT2D eigenvalue weighted by atomic mass is 10.1. The minimum atomic E-state index is -0.879. The molecule has 3 amide bonds. The molecule has 2 aromatic rings. The first-order valence-corrected chi connectivity index (χ1v) is 11.3. The van der Waals surface area contributed by atoms with Crippen LogP contribution in [0.3, 0.4) is 0 Å². The molecule has 0 heterocycles. The molecular formula is C24H29ClN4O5. The van der Waals surface area contributed by atoms with Gasteiger partial charge in [0.2, 0.25) is 0 Å². The normalized spacial score (nSPS) is 10.6. The topological polar surface area (TPSA) is 118 Å². The van der Waals surface area contributed by atoms with Gasteiger partial charge in [0.05, 0.1) is 17.8 Å². The van der Waals surface area contributed by atoms with E-state index in [4.69, 9.17) is 21.1 Å². The lowest BCUT2D eigenvalue weighted by molar-refractivity contribution is -0.139. The van der Waals surface area contributed by atoms with Gasteiger partial charge in [0.15, 0.2) is 18.1 Å². The van der Waals surface area contributed by atoms with Crippen LogP contribution in [0.5, 0.6) is 11.5 Å². The number of carbonyl (C=O) groups is 3. The van der Waals surface area contributed by atoms with Crippen molar-refractivity contribution in [3.8, 4) is 11.5 Å².